The zero-order valence-corrected chi connectivity index (χ0v) is 13.6. The van der Waals surface area contributed by atoms with Gasteiger partial charge in [0.25, 0.3) is 0 Å². The number of rotatable bonds is 7. The summed E-state index contributed by atoms with van der Waals surface area (Å²) >= 11 is 3.42. The number of likely N-dealkylation sites (N-methyl/N-ethyl adjacent to an activating group) is 1. The minimum absolute atomic E-state index is 0.211. The van der Waals surface area contributed by atoms with Gasteiger partial charge in [-0.1, -0.05) is 15.9 Å². The Bertz CT molecular complexity index is 488. The minimum atomic E-state index is -0.955. The standard InChI is InChI=1S/C15H20BrNO3/c1-4-17(11(2)10-20-3)14-7-6-13(16)9-12(14)5-8-15(18)19/h5-9,11H,4,10H2,1-3H3,(H,18,19)/b8-5+. The highest BCUT2D eigenvalue weighted by Gasteiger charge is 2.15. The molecule has 5 heteroatoms. The third-order valence-corrected chi connectivity index (χ3v) is 3.48. The Morgan fingerprint density at radius 2 is 2.25 bits per heavy atom. The van der Waals surface area contributed by atoms with Gasteiger partial charge in [-0.3, -0.25) is 0 Å². The fourth-order valence-electron chi connectivity index (χ4n) is 2.13. The molecule has 0 fully saturated rings. The molecule has 0 saturated carbocycles. The maximum atomic E-state index is 10.7. The van der Waals surface area contributed by atoms with E-state index in [1.165, 1.54) is 0 Å². The van der Waals surface area contributed by atoms with Crippen LogP contribution in [0.15, 0.2) is 28.7 Å². The first kappa shape index (κ1) is 16.7. The van der Waals surface area contributed by atoms with Crippen LogP contribution < -0.4 is 4.90 Å². The zero-order valence-electron chi connectivity index (χ0n) is 12.0. The van der Waals surface area contributed by atoms with Gasteiger partial charge < -0.3 is 14.7 Å². The molecule has 0 aliphatic rings. The van der Waals surface area contributed by atoms with Crippen molar-refractivity contribution in [3.63, 3.8) is 0 Å². The predicted molar refractivity (Wildman–Crippen MR) is 85.2 cm³/mol. The highest BCUT2D eigenvalue weighted by molar-refractivity contribution is 9.10. The van der Waals surface area contributed by atoms with Gasteiger partial charge in [0.15, 0.2) is 0 Å². The number of nitrogens with zero attached hydrogens (tertiary/aromatic N) is 1. The molecule has 0 heterocycles. The summed E-state index contributed by atoms with van der Waals surface area (Å²) in [6.07, 6.45) is 2.77. The van der Waals surface area contributed by atoms with Crippen LogP contribution in [0.2, 0.25) is 0 Å². The van der Waals surface area contributed by atoms with Crippen LogP contribution in [0.5, 0.6) is 0 Å². The fraction of sp³-hybridized carbons (Fsp3) is 0.400. The molecule has 1 rings (SSSR count). The maximum Gasteiger partial charge on any atom is 0.328 e. The molecule has 0 aliphatic carbocycles. The summed E-state index contributed by atoms with van der Waals surface area (Å²) in [5, 5.41) is 8.79. The molecule has 1 aromatic carbocycles. The number of benzene rings is 1. The molecule has 0 amide bonds. The molecule has 0 bridgehead atoms. The molecule has 0 saturated heterocycles. The predicted octanol–water partition coefficient (Wildman–Crippen LogP) is 3.41. The van der Waals surface area contributed by atoms with E-state index in [1.807, 2.05) is 18.2 Å². The lowest BCUT2D eigenvalue weighted by atomic mass is 10.1. The summed E-state index contributed by atoms with van der Waals surface area (Å²) in [7, 11) is 1.68. The summed E-state index contributed by atoms with van der Waals surface area (Å²) in [4.78, 5) is 12.9. The van der Waals surface area contributed by atoms with Crippen molar-refractivity contribution in [2.45, 2.75) is 19.9 Å². The smallest absolute Gasteiger partial charge is 0.328 e. The van der Waals surface area contributed by atoms with Crippen LogP contribution in [-0.2, 0) is 9.53 Å². The first-order chi connectivity index (χ1) is 9.49. The van der Waals surface area contributed by atoms with Crippen LogP contribution in [0, 0.1) is 0 Å². The van der Waals surface area contributed by atoms with E-state index in [-0.39, 0.29) is 6.04 Å². The number of anilines is 1. The van der Waals surface area contributed by atoms with Crippen molar-refractivity contribution in [2.24, 2.45) is 0 Å². The molecule has 0 aliphatic heterocycles. The third-order valence-electron chi connectivity index (χ3n) is 2.99. The van der Waals surface area contributed by atoms with E-state index in [0.717, 1.165) is 28.3 Å². The Morgan fingerprint density at radius 1 is 1.55 bits per heavy atom. The highest BCUT2D eigenvalue weighted by Crippen LogP contribution is 2.27. The lowest BCUT2D eigenvalue weighted by Crippen LogP contribution is -2.36. The number of carbonyl (C=O) groups is 1. The summed E-state index contributed by atoms with van der Waals surface area (Å²) < 4.78 is 6.12. The Balaban J connectivity index is 3.17. The van der Waals surface area contributed by atoms with Gasteiger partial charge in [-0.2, -0.15) is 0 Å². The van der Waals surface area contributed by atoms with E-state index in [0.29, 0.717) is 6.61 Å². The van der Waals surface area contributed by atoms with E-state index < -0.39 is 5.97 Å². The summed E-state index contributed by atoms with van der Waals surface area (Å²) in [5.41, 5.74) is 1.87. The summed E-state index contributed by atoms with van der Waals surface area (Å²) in [6, 6.07) is 6.07. The molecule has 1 atom stereocenters. The highest BCUT2D eigenvalue weighted by atomic mass is 79.9. The maximum absolute atomic E-state index is 10.7. The van der Waals surface area contributed by atoms with E-state index in [1.54, 1.807) is 13.2 Å². The number of hydrogen-bond acceptors (Lipinski definition) is 3. The van der Waals surface area contributed by atoms with Gasteiger partial charge in [-0.15, -0.1) is 0 Å². The Hall–Kier alpha value is -1.33. The SMILES string of the molecule is CCN(c1ccc(Br)cc1/C=C/C(=O)O)C(C)COC. The van der Waals surface area contributed by atoms with Crippen molar-refractivity contribution in [1.82, 2.24) is 0 Å². The topological polar surface area (TPSA) is 49.8 Å². The average Bonchev–Trinajstić information content (AvgIpc) is 2.39. The number of carboxylic acid groups (broad SMARTS) is 1. The molecule has 0 spiro atoms. The number of methoxy groups -OCH3 is 1. The monoisotopic (exact) mass is 341 g/mol. The zero-order chi connectivity index (χ0) is 15.1. The molecule has 0 radical (unpaired) electrons. The Kier molecular flexibility index (Phi) is 6.75. The van der Waals surface area contributed by atoms with Crippen LogP contribution >= 0.6 is 15.9 Å². The van der Waals surface area contributed by atoms with Crippen molar-refractivity contribution in [2.75, 3.05) is 25.2 Å². The first-order valence-corrected chi connectivity index (χ1v) is 7.25. The molecule has 1 aromatic rings. The van der Waals surface area contributed by atoms with Crippen molar-refractivity contribution in [1.29, 1.82) is 0 Å². The van der Waals surface area contributed by atoms with E-state index in [4.69, 9.17) is 9.84 Å². The third kappa shape index (κ3) is 4.65. The quantitative estimate of drug-likeness (QED) is 0.772. The number of ether oxygens (including phenoxy) is 1. The molecule has 1 unspecified atom stereocenters. The van der Waals surface area contributed by atoms with Crippen LogP contribution in [0.25, 0.3) is 6.08 Å². The van der Waals surface area contributed by atoms with Crippen molar-refractivity contribution < 1.29 is 14.6 Å². The van der Waals surface area contributed by atoms with Gasteiger partial charge >= 0.3 is 5.97 Å². The van der Waals surface area contributed by atoms with E-state index in [2.05, 4.69) is 34.7 Å². The first-order valence-electron chi connectivity index (χ1n) is 6.45. The molecule has 0 aromatic heterocycles. The van der Waals surface area contributed by atoms with E-state index in [9.17, 15) is 4.79 Å². The Labute approximate surface area is 128 Å². The number of carboxylic acids is 1. The van der Waals surface area contributed by atoms with Gasteiger partial charge in [0, 0.05) is 35.9 Å². The van der Waals surface area contributed by atoms with Gasteiger partial charge in [-0.05, 0) is 43.7 Å². The van der Waals surface area contributed by atoms with Crippen LogP contribution in [0.3, 0.4) is 0 Å². The van der Waals surface area contributed by atoms with Crippen molar-refractivity contribution >= 4 is 33.7 Å². The molecule has 20 heavy (non-hydrogen) atoms. The number of hydrogen-bond donors (Lipinski definition) is 1. The second-order valence-electron chi connectivity index (χ2n) is 4.47. The Morgan fingerprint density at radius 3 is 2.80 bits per heavy atom. The minimum Gasteiger partial charge on any atom is -0.478 e. The van der Waals surface area contributed by atoms with Crippen LogP contribution in [0.4, 0.5) is 5.69 Å². The summed E-state index contributed by atoms with van der Waals surface area (Å²) in [5.74, 6) is -0.955. The van der Waals surface area contributed by atoms with Crippen molar-refractivity contribution in [3.8, 4) is 0 Å². The second kappa shape index (κ2) is 8.07. The molecular weight excluding hydrogens is 322 g/mol. The molecule has 1 N–H and O–H groups in total. The van der Waals surface area contributed by atoms with Gasteiger partial charge in [0.1, 0.15) is 0 Å². The van der Waals surface area contributed by atoms with Crippen molar-refractivity contribution in [3.05, 3.63) is 34.3 Å². The van der Waals surface area contributed by atoms with Gasteiger partial charge in [-0.25, -0.2) is 4.79 Å². The van der Waals surface area contributed by atoms with E-state index >= 15 is 0 Å². The van der Waals surface area contributed by atoms with Crippen LogP contribution in [0.1, 0.15) is 19.4 Å². The molecule has 110 valence electrons. The molecular formula is C15H20BrNO3. The second-order valence-corrected chi connectivity index (χ2v) is 5.38. The number of aliphatic carboxylic acids is 1. The number of halogens is 1. The molecule has 4 nitrogen and oxygen atoms in total. The lowest BCUT2D eigenvalue weighted by Gasteiger charge is -2.31. The van der Waals surface area contributed by atoms with Crippen LogP contribution in [-0.4, -0.2) is 37.4 Å². The van der Waals surface area contributed by atoms with Gasteiger partial charge in [0.2, 0.25) is 0 Å². The average molecular weight is 342 g/mol. The summed E-state index contributed by atoms with van der Waals surface area (Å²) in [6.45, 7) is 5.59. The largest absolute Gasteiger partial charge is 0.478 e. The fourth-order valence-corrected chi connectivity index (χ4v) is 2.51. The normalized spacial score (nSPS) is 12.6. The lowest BCUT2D eigenvalue weighted by molar-refractivity contribution is -0.131. The van der Waals surface area contributed by atoms with Gasteiger partial charge in [0.05, 0.1) is 6.61 Å².